The van der Waals surface area contributed by atoms with Crippen LogP contribution in [-0.2, 0) is 13.3 Å². The minimum absolute atomic E-state index is 0.333. The van der Waals surface area contributed by atoms with E-state index >= 15 is 0 Å². The van der Waals surface area contributed by atoms with Gasteiger partial charge < -0.3 is 24.3 Å². The minimum atomic E-state index is -2.35. The average Bonchev–Trinajstić information content (AvgIpc) is 2.79. The van der Waals surface area contributed by atoms with Crippen LogP contribution in [0.2, 0.25) is 6.04 Å². The average molecular weight is 461 g/mol. The van der Waals surface area contributed by atoms with Gasteiger partial charge in [0.1, 0.15) is 0 Å². The molecule has 0 aromatic carbocycles. The highest BCUT2D eigenvalue weighted by atomic mass is 28.4. The van der Waals surface area contributed by atoms with E-state index in [9.17, 15) is 0 Å². The lowest BCUT2D eigenvalue weighted by atomic mass is 10.1. The van der Waals surface area contributed by atoms with Crippen molar-refractivity contribution in [3.05, 3.63) is 0 Å². The number of hydrogen-bond donors (Lipinski definition) is 2. The highest BCUT2D eigenvalue weighted by molar-refractivity contribution is 6.60. The third-order valence-corrected chi connectivity index (χ3v) is 9.19. The normalized spacial score (nSPS) is 13.1. The van der Waals surface area contributed by atoms with Crippen molar-refractivity contribution in [3.8, 4) is 0 Å². The molecule has 31 heavy (non-hydrogen) atoms. The molecule has 0 aliphatic carbocycles. The largest absolute Gasteiger partial charge is 0.500 e. The van der Waals surface area contributed by atoms with Gasteiger partial charge in [0, 0.05) is 40.0 Å². The lowest BCUT2D eigenvalue weighted by Crippen LogP contribution is -2.42. The summed E-state index contributed by atoms with van der Waals surface area (Å²) in [5.74, 6) is 0. The molecule has 0 aromatic rings. The van der Waals surface area contributed by atoms with Gasteiger partial charge in [-0.15, -0.1) is 0 Å². The van der Waals surface area contributed by atoms with E-state index in [1.165, 1.54) is 103 Å². The first-order valence-corrected chi connectivity index (χ1v) is 15.2. The molecule has 1 unspecified atom stereocenters. The second kappa shape index (κ2) is 23.2. The summed E-state index contributed by atoms with van der Waals surface area (Å²) < 4.78 is 16.4. The smallest absolute Gasteiger partial charge is 0.377 e. The Morgan fingerprint density at radius 1 is 0.645 bits per heavy atom. The first kappa shape index (κ1) is 31.0. The molecule has 0 aromatic heterocycles. The van der Waals surface area contributed by atoms with Crippen molar-refractivity contribution in [1.82, 2.24) is 5.32 Å². The van der Waals surface area contributed by atoms with Crippen LogP contribution in [0.5, 0.6) is 0 Å². The molecular weight excluding hydrogens is 404 g/mol. The number of hydrogen-bond acceptors (Lipinski definition) is 5. The first-order valence-electron chi connectivity index (χ1n) is 13.3. The zero-order valence-corrected chi connectivity index (χ0v) is 22.5. The van der Waals surface area contributed by atoms with Crippen LogP contribution in [0.25, 0.3) is 0 Å². The molecule has 0 heterocycles. The predicted molar refractivity (Wildman–Crippen MR) is 137 cm³/mol. The van der Waals surface area contributed by atoms with Gasteiger partial charge in [-0.05, 0) is 25.8 Å². The molecule has 0 bridgehead atoms. The van der Waals surface area contributed by atoms with Crippen molar-refractivity contribution < 1.29 is 13.3 Å². The molecule has 3 N–H and O–H groups in total. The van der Waals surface area contributed by atoms with Gasteiger partial charge in [0.25, 0.3) is 0 Å². The number of nitrogens with two attached hydrogens (primary N) is 1. The Kier molecular flexibility index (Phi) is 23.2. The van der Waals surface area contributed by atoms with Crippen LogP contribution in [0.15, 0.2) is 0 Å². The third kappa shape index (κ3) is 19.2. The number of nitrogens with one attached hydrogen (secondary N) is 1. The number of rotatable bonds is 25. The standard InChI is InChI=1S/C25H56N2O3Si/c1-5-6-7-8-12-15-18-21-25(26)24-27-22-19-16-13-10-9-11-14-17-20-23-31(28-2,29-3)30-4/h25,27H,5-24,26H2,1-4H3. The molecule has 0 rings (SSSR count). The lowest BCUT2D eigenvalue weighted by molar-refractivity contribution is 0.122. The van der Waals surface area contributed by atoms with Crippen molar-refractivity contribution in [1.29, 1.82) is 0 Å². The Morgan fingerprint density at radius 3 is 1.61 bits per heavy atom. The van der Waals surface area contributed by atoms with Gasteiger partial charge in [-0.25, -0.2) is 0 Å². The summed E-state index contributed by atoms with van der Waals surface area (Å²) >= 11 is 0. The van der Waals surface area contributed by atoms with Gasteiger partial charge in [-0.3, -0.25) is 0 Å². The van der Waals surface area contributed by atoms with Crippen LogP contribution in [0.4, 0.5) is 0 Å². The van der Waals surface area contributed by atoms with Crippen molar-refractivity contribution >= 4 is 8.80 Å². The number of unbranched alkanes of at least 4 members (excludes halogenated alkanes) is 14. The molecule has 0 aliphatic heterocycles. The van der Waals surface area contributed by atoms with Crippen LogP contribution >= 0.6 is 0 Å². The molecule has 6 heteroatoms. The molecular formula is C25H56N2O3Si. The van der Waals surface area contributed by atoms with E-state index in [2.05, 4.69) is 12.2 Å². The van der Waals surface area contributed by atoms with Gasteiger partial charge >= 0.3 is 8.80 Å². The van der Waals surface area contributed by atoms with Gasteiger partial charge in [0.2, 0.25) is 0 Å². The van der Waals surface area contributed by atoms with Crippen molar-refractivity contribution in [2.24, 2.45) is 5.73 Å². The molecule has 0 spiro atoms. The van der Waals surface area contributed by atoms with E-state index in [0.717, 1.165) is 25.6 Å². The summed E-state index contributed by atoms with van der Waals surface area (Å²) in [5.41, 5.74) is 6.23. The second-order valence-electron chi connectivity index (χ2n) is 9.10. The molecule has 1 atom stereocenters. The van der Waals surface area contributed by atoms with E-state index in [1.54, 1.807) is 21.3 Å². The minimum Gasteiger partial charge on any atom is -0.377 e. The maximum absolute atomic E-state index is 6.23. The quantitative estimate of drug-likeness (QED) is 0.121. The Hall–Kier alpha value is 0.0169. The Balaban J connectivity index is 3.29. The second-order valence-corrected chi connectivity index (χ2v) is 12.2. The van der Waals surface area contributed by atoms with Crippen molar-refractivity contribution in [3.63, 3.8) is 0 Å². The van der Waals surface area contributed by atoms with Gasteiger partial charge in [0.15, 0.2) is 0 Å². The van der Waals surface area contributed by atoms with Gasteiger partial charge in [0.05, 0.1) is 0 Å². The van der Waals surface area contributed by atoms with Crippen molar-refractivity contribution in [2.45, 2.75) is 128 Å². The fourth-order valence-corrected chi connectivity index (χ4v) is 5.93. The molecule has 0 fully saturated rings. The van der Waals surface area contributed by atoms with Crippen LogP contribution < -0.4 is 11.1 Å². The first-order chi connectivity index (χ1) is 15.1. The summed E-state index contributed by atoms with van der Waals surface area (Å²) in [5, 5.41) is 3.55. The monoisotopic (exact) mass is 460 g/mol. The van der Waals surface area contributed by atoms with Crippen LogP contribution in [0.1, 0.15) is 116 Å². The van der Waals surface area contributed by atoms with Crippen molar-refractivity contribution in [2.75, 3.05) is 34.4 Å². The van der Waals surface area contributed by atoms with Crippen LogP contribution in [0.3, 0.4) is 0 Å². The van der Waals surface area contributed by atoms with E-state index < -0.39 is 8.80 Å². The van der Waals surface area contributed by atoms with Crippen LogP contribution in [-0.4, -0.2) is 49.3 Å². The SMILES string of the molecule is CCCCCCCCCC(N)CNCCCCCCCCCCC[Si](OC)(OC)OC. The Morgan fingerprint density at radius 2 is 1.10 bits per heavy atom. The third-order valence-electron chi connectivity index (χ3n) is 6.35. The highest BCUT2D eigenvalue weighted by Crippen LogP contribution is 2.18. The molecule has 0 amide bonds. The topological polar surface area (TPSA) is 65.7 Å². The fourth-order valence-electron chi connectivity index (χ4n) is 4.14. The molecule has 0 aliphatic rings. The highest BCUT2D eigenvalue weighted by Gasteiger charge is 2.36. The fraction of sp³-hybridized carbons (Fsp3) is 1.00. The van der Waals surface area contributed by atoms with E-state index in [0.29, 0.717) is 6.04 Å². The molecule has 5 nitrogen and oxygen atoms in total. The zero-order valence-electron chi connectivity index (χ0n) is 21.5. The van der Waals surface area contributed by atoms with E-state index in [4.69, 9.17) is 19.0 Å². The lowest BCUT2D eigenvalue weighted by Gasteiger charge is -2.24. The van der Waals surface area contributed by atoms with E-state index in [1.807, 2.05) is 0 Å². The Bertz CT molecular complexity index is 349. The maximum Gasteiger partial charge on any atom is 0.500 e. The predicted octanol–water partition coefficient (Wildman–Crippen LogP) is 6.43. The zero-order chi connectivity index (χ0) is 23.0. The van der Waals surface area contributed by atoms with Gasteiger partial charge in [-0.1, -0.05) is 96.8 Å². The summed E-state index contributed by atoms with van der Waals surface area (Å²) in [6.07, 6.45) is 22.5. The molecule has 0 radical (unpaired) electrons. The van der Waals surface area contributed by atoms with Gasteiger partial charge in [-0.2, -0.15) is 0 Å². The maximum atomic E-state index is 6.23. The molecule has 0 saturated carbocycles. The summed E-state index contributed by atoms with van der Waals surface area (Å²) in [6.45, 7) is 4.38. The summed E-state index contributed by atoms with van der Waals surface area (Å²) in [7, 11) is 2.73. The Labute approximate surface area is 195 Å². The summed E-state index contributed by atoms with van der Waals surface area (Å²) in [6, 6.07) is 1.26. The van der Waals surface area contributed by atoms with E-state index in [-0.39, 0.29) is 0 Å². The summed E-state index contributed by atoms with van der Waals surface area (Å²) in [4.78, 5) is 0. The molecule has 188 valence electrons. The van der Waals surface area contributed by atoms with Crippen LogP contribution in [0, 0.1) is 0 Å². The molecule has 0 saturated heterocycles.